The zero-order valence-electron chi connectivity index (χ0n) is 10.3. The molecule has 19 heavy (non-hydrogen) atoms. The number of nitrogens with zero attached hydrogens (tertiary/aromatic N) is 3. The van der Waals surface area contributed by atoms with Gasteiger partial charge < -0.3 is 15.7 Å². The van der Waals surface area contributed by atoms with E-state index in [-0.39, 0.29) is 17.3 Å². The van der Waals surface area contributed by atoms with E-state index in [2.05, 4.69) is 4.98 Å². The van der Waals surface area contributed by atoms with Crippen molar-refractivity contribution in [1.82, 2.24) is 4.98 Å². The summed E-state index contributed by atoms with van der Waals surface area (Å²) < 4.78 is 0. The average Bonchev–Trinajstić information content (AvgIpc) is 2.40. The Balaban J connectivity index is 2.14. The second-order valence-corrected chi connectivity index (χ2v) is 5.17. The van der Waals surface area contributed by atoms with E-state index >= 15 is 0 Å². The van der Waals surface area contributed by atoms with Crippen LogP contribution in [0.5, 0.6) is 0 Å². The summed E-state index contributed by atoms with van der Waals surface area (Å²) in [7, 11) is 0. The largest absolute Gasteiger partial charge is 0.394 e. The van der Waals surface area contributed by atoms with Crippen molar-refractivity contribution in [2.45, 2.75) is 18.4 Å². The maximum Gasteiger partial charge on any atom is 0.289 e. The van der Waals surface area contributed by atoms with E-state index in [0.29, 0.717) is 31.7 Å². The van der Waals surface area contributed by atoms with Gasteiger partial charge in [0.25, 0.3) is 5.69 Å². The smallest absolute Gasteiger partial charge is 0.289 e. The normalized spacial score (nSPS) is 18.4. The quantitative estimate of drug-likeness (QED) is 0.632. The highest BCUT2D eigenvalue weighted by Crippen LogP contribution is 2.30. The van der Waals surface area contributed by atoms with Crippen molar-refractivity contribution in [2.24, 2.45) is 5.73 Å². The van der Waals surface area contributed by atoms with E-state index in [0.717, 1.165) is 0 Å². The van der Waals surface area contributed by atoms with Crippen molar-refractivity contribution < 1.29 is 10.0 Å². The summed E-state index contributed by atoms with van der Waals surface area (Å²) in [5, 5.41) is 20.1. The molecular weight excluding hydrogens is 272 g/mol. The molecule has 0 saturated carbocycles. The fourth-order valence-corrected chi connectivity index (χ4v) is 2.36. The van der Waals surface area contributed by atoms with Crippen molar-refractivity contribution in [2.75, 3.05) is 24.6 Å². The molecule has 1 aromatic rings. The summed E-state index contributed by atoms with van der Waals surface area (Å²) in [5.74, 6) is 0.521. The first-order valence-electron chi connectivity index (χ1n) is 5.90. The minimum Gasteiger partial charge on any atom is -0.394 e. The van der Waals surface area contributed by atoms with Crippen LogP contribution in [0.25, 0.3) is 0 Å². The van der Waals surface area contributed by atoms with Gasteiger partial charge in [-0.05, 0) is 12.8 Å². The van der Waals surface area contributed by atoms with Gasteiger partial charge >= 0.3 is 0 Å². The molecule has 2 rings (SSSR count). The first kappa shape index (κ1) is 14.0. The molecule has 0 unspecified atom stereocenters. The molecule has 1 aromatic heterocycles. The van der Waals surface area contributed by atoms with Crippen molar-refractivity contribution in [3.05, 3.63) is 27.4 Å². The molecule has 0 bridgehead atoms. The molecular formula is C11H15ClN4O3. The SMILES string of the molecule is NC1(CO)CCN(c2ncc([N+](=O)[O-])cc2Cl)CC1. The number of rotatable bonds is 3. The molecule has 0 atom stereocenters. The predicted octanol–water partition coefficient (Wildman–Crippen LogP) is 0.933. The van der Waals surface area contributed by atoms with Crippen LogP contribution < -0.4 is 10.6 Å². The molecule has 2 heterocycles. The number of aliphatic hydroxyl groups is 1. The summed E-state index contributed by atoms with van der Waals surface area (Å²) in [6.45, 7) is 1.17. The highest BCUT2D eigenvalue weighted by Gasteiger charge is 2.31. The fourth-order valence-electron chi connectivity index (χ4n) is 2.08. The molecule has 8 heteroatoms. The van der Waals surface area contributed by atoms with Gasteiger partial charge in [-0.2, -0.15) is 0 Å². The van der Waals surface area contributed by atoms with Crippen LogP contribution in [0, 0.1) is 10.1 Å². The van der Waals surface area contributed by atoms with E-state index in [4.69, 9.17) is 17.3 Å². The summed E-state index contributed by atoms with van der Waals surface area (Å²) >= 11 is 6.02. The van der Waals surface area contributed by atoms with Crippen LogP contribution in [0.3, 0.4) is 0 Å². The molecule has 0 aromatic carbocycles. The number of aliphatic hydroxyl groups excluding tert-OH is 1. The Morgan fingerprint density at radius 2 is 2.21 bits per heavy atom. The Hall–Kier alpha value is -1.44. The van der Waals surface area contributed by atoms with Gasteiger partial charge in [0.05, 0.1) is 16.6 Å². The Morgan fingerprint density at radius 1 is 1.58 bits per heavy atom. The van der Waals surface area contributed by atoms with E-state index < -0.39 is 10.5 Å². The van der Waals surface area contributed by atoms with Crippen molar-refractivity contribution in [1.29, 1.82) is 0 Å². The van der Waals surface area contributed by atoms with Gasteiger partial charge in [-0.3, -0.25) is 10.1 Å². The average molecular weight is 287 g/mol. The molecule has 3 N–H and O–H groups in total. The van der Waals surface area contributed by atoms with Crippen LogP contribution in [0.2, 0.25) is 5.02 Å². The van der Waals surface area contributed by atoms with Crippen LogP contribution in [0.1, 0.15) is 12.8 Å². The molecule has 0 aliphatic carbocycles. The van der Waals surface area contributed by atoms with E-state index in [1.807, 2.05) is 4.90 Å². The lowest BCUT2D eigenvalue weighted by molar-refractivity contribution is -0.385. The Morgan fingerprint density at radius 3 is 2.68 bits per heavy atom. The summed E-state index contributed by atoms with van der Waals surface area (Å²) in [6.07, 6.45) is 2.44. The molecule has 0 amide bonds. The third-order valence-electron chi connectivity index (χ3n) is 3.39. The van der Waals surface area contributed by atoms with Crippen molar-refractivity contribution in [3.63, 3.8) is 0 Å². The predicted molar refractivity (Wildman–Crippen MR) is 71.4 cm³/mol. The maximum absolute atomic E-state index is 10.6. The molecule has 0 spiro atoms. The number of nitro groups is 1. The number of hydrogen-bond acceptors (Lipinski definition) is 6. The third-order valence-corrected chi connectivity index (χ3v) is 3.67. The topological polar surface area (TPSA) is 106 Å². The van der Waals surface area contributed by atoms with E-state index in [9.17, 15) is 15.2 Å². The number of anilines is 1. The van der Waals surface area contributed by atoms with E-state index in [1.165, 1.54) is 12.3 Å². The van der Waals surface area contributed by atoms with Crippen molar-refractivity contribution >= 4 is 23.1 Å². The van der Waals surface area contributed by atoms with Gasteiger partial charge in [-0.25, -0.2) is 4.98 Å². The monoisotopic (exact) mass is 286 g/mol. The Bertz CT molecular complexity index is 489. The number of halogens is 1. The number of hydrogen-bond donors (Lipinski definition) is 2. The molecule has 1 fully saturated rings. The summed E-state index contributed by atoms with van der Waals surface area (Å²) in [6, 6.07) is 1.29. The molecule has 7 nitrogen and oxygen atoms in total. The lowest BCUT2D eigenvalue weighted by Gasteiger charge is -2.38. The standard InChI is InChI=1S/C11H15ClN4O3/c12-9-5-8(16(18)19)6-14-10(9)15-3-1-11(13,7-17)2-4-15/h5-6,17H,1-4,7,13H2. The minimum absolute atomic E-state index is 0.0533. The van der Waals surface area contributed by atoms with Gasteiger partial charge in [0.2, 0.25) is 0 Å². The van der Waals surface area contributed by atoms with Crippen LogP contribution >= 0.6 is 11.6 Å². The van der Waals surface area contributed by atoms with Crippen LogP contribution in [0.4, 0.5) is 11.5 Å². The maximum atomic E-state index is 10.6. The molecule has 0 radical (unpaired) electrons. The molecule has 1 aliphatic heterocycles. The number of pyridine rings is 1. The Kier molecular flexibility index (Phi) is 3.88. The van der Waals surface area contributed by atoms with E-state index in [1.54, 1.807) is 0 Å². The van der Waals surface area contributed by atoms with Crippen LogP contribution in [-0.4, -0.2) is 40.2 Å². The Labute approximate surface area is 115 Å². The van der Waals surface area contributed by atoms with Gasteiger partial charge in [-0.15, -0.1) is 0 Å². The molecule has 104 valence electrons. The highest BCUT2D eigenvalue weighted by molar-refractivity contribution is 6.33. The number of piperidine rings is 1. The summed E-state index contributed by atoms with van der Waals surface area (Å²) in [5.41, 5.74) is 5.30. The third kappa shape index (κ3) is 2.94. The first-order chi connectivity index (χ1) is 8.95. The number of aromatic nitrogens is 1. The van der Waals surface area contributed by atoms with Gasteiger partial charge in [-0.1, -0.05) is 11.6 Å². The van der Waals surface area contributed by atoms with Crippen molar-refractivity contribution in [3.8, 4) is 0 Å². The second kappa shape index (κ2) is 5.28. The van der Waals surface area contributed by atoms with Crippen LogP contribution in [0.15, 0.2) is 12.3 Å². The second-order valence-electron chi connectivity index (χ2n) is 4.76. The first-order valence-corrected chi connectivity index (χ1v) is 6.28. The lowest BCUT2D eigenvalue weighted by Crippen LogP contribution is -2.53. The number of nitrogens with two attached hydrogens (primary N) is 1. The minimum atomic E-state index is -0.552. The zero-order chi connectivity index (χ0) is 14.0. The van der Waals surface area contributed by atoms with Crippen LogP contribution in [-0.2, 0) is 0 Å². The fraction of sp³-hybridized carbons (Fsp3) is 0.545. The molecule has 1 saturated heterocycles. The highest BCUT2D eigenvalue weighted by atomic mass is 35.5. The van der Waals surface area contributed by atoms with Gasteiger partial charge in [0, 0.05) is 24.7 Å². The van der Waals surface area contributed by atoms with Gasteiger partial charge in [0.1, 0.15) is 12.0 Å². The molecule has 1 aliphatic rings. The summed E-state index contributed by atoms with van der Waals surface area (Å²) in [4.78, 5) is 16.1. The zero-order valence-corrected chi connectivity index (χ0v) is 11.0. The lowest BCUT2D eigenvalue weighted by atomic mass is 9.89. The van der Waals surface area contributed by atoms with Gasteiger partial charge in [0.15, 0.2) is 0 Å².